The molecule has 1 aliphatic heterocycles. The maximum absolute atomic E-state index is 9.30. The van der Waals surface area contributed by atoms with Crippen LogP contribution in [-0.4, -0.2) is 29.6 Å². The Morgan fingerprint density at radius 2 is 2.06 bits per heavy atom. The van der Waals surface area contributed by atoms with Crippen LogP contribution >= 0.6 is 11.8 Å². The molecule has 1 saturated heterocycles. The molecule has 1 aromatic heterocycles. The summed E-state index contributed by atoms with van der Waals surface area (Å²) in [6, 6.07) is 4.29. The van der Waals surface area contributed by atoms with Gasteiger partial charge >= 0.3 is 0 Å². The Kier molecular flexibility index (Phi) is 4.13. The molecule has 1 aliphatic rings. The molecular formula is C14H19N3S. The average molecular weight is 261 g/mol. The van der Waals surface area contributed by atoms with Gasteiger partial charge in [-0.05, 0) is 44.6 Å². The second-order valence-corrected chi connectivity index (χ2v) is 5.95. The van der Waals surface area contributed by atoms with Crippen LogP contribution in [0.5, 0.6) is 0 Å². The predicted octanol–water partition coefficient (Wildman–Crippen LogP) is 2.90. The zero-order valence-corrected chi connectivity index (χ0v) is 12.0. The van der Waals surface area contributed by atoms with Crippen molar-refractivity contribution in [2.24, 2.45) is 0 Å². The predicted molar refractivity (Wildman–Crippen MR) is 77.2 cm³/mol. The summed E-state index contributed by atoms with van der Waals surface area (Å²) in [4.78, 5) is 6.85. The first-order chi connectivity index (χ1) is 8.65. The normalized spacial score (nSPS) is 16.7. The van der Waals surface area contributed by atoms with Crippen molar-refractivity contribution in [1.29, 1.82) is 5.26 Å². The third-order valence-electron chi connectivity index (χ3n) is 3.51. The van der Waals surface area contributed by atoms with Gasteiger partial charge in [0.1, 0.15) is 11.9 Å². The van der Waals surface area contributed by atoms with Gasteiger partial charge in [0.15, 0.2) is 0 Å². The van der Waals surface area contributed by atoms with Crippen molar-refractivity contribution in [3.63, 3.8) is 0 Å². The van der Waals surface area contributed by atoms with E-state index in [4.69, 9.17) is 0 Å². The summed E-state index contributed by atoms with van der Waals surface area (Å²) in [5.41, 5.74) is 2.77. The molecule has 0 amide bonds. The Bertz CT molecular complexity index is 471. The highest BCUT2D eigenvalue weighted by Gasteiger charge is 2.22. The van der Waals surface area contributed by atoms with E-state index in [2.05, 4.69) is 22.2 Å². The Hall–Kier alpha value is -1.21. The highest BCUT2D eigenvalue weighted by Crippen LogP contribution is 2.27. The lowest BCUT2D eigenvalue weighted by molar-refractivity contribution is 0.586. The molecule has 0 spiro atoms. The van der Waals surface area contributed by atoms with Crippen LogP contribution in [0.3, 0.4) is 0 Å². The smallest absolute Gasteiger partial charge is 0.147 e. The van der Waals surface area contributed by atoms with Crippen LogP contribution in [0.15, 0.2) is 6.07 Å². The fourth-order valence-corrected chi connectivity index (χ4v) is 3.17. The molecule has 0 bridgehead atoms. The van der Waals surface area contributed by atoms with Gasteiger partial charge in [0.05, 0.1) is 5.56 Å². The summed E-state index contributed by atoms with van der Waals surface area (Å²) in [7, 11) is 0. The number of aryl methyl sites for hydroxylation is 2. The number of piperidine rings is 1. The Morgan fingerprint density at radius 3 is 2.61 bits per heavy atom. The average Bonchev–Trinajstić information content (AvgIpc) is 2.38. The summed E-state index contributed by atoms with van der Waals surface area (Å²) in [6.45, 7) is 6.00. The van der Waals surface area contributed by atoms with Crippen molar-refractivity contribution in [3.05, 3.63) is 22.9 Å². The van der Waals surface area contributed by atoms with E-state index in [1.54, 1.807) is 0 Å². The minimum atomic E-state index is 0.739. The lowest BCUT2D eigenvalue weighted by atomic mass is 10.1. The van der Waals surface area contributed by atoms with Gasteiger partial charge in [-0.25, -0.2) is 4.98 Å². The van der Waals surface area contributed by atoms with E-state index in [9.17, 15) is 5.26 Å². The van der Waals surface area contributed by atoms with Crippen LogP contribution in [0.1, 0.15) is 29.7 Å². The monoisotopic (exact) mass is 261 g/mol. The third-order valence-corrected chi connectivity index (χ3v) is 4.65. The molecule has 2 heterocycles. The topological polar surface area (TPSA) is 39.9 Å². The molecule has 0 aliphatic carbocycles. The lowest BCUT2D eigenvalue weighted by Crippen LogP contribution is -2.36. The molecule has 0 atom stereocenters. The minimum Gasteiger partial charge on any atom is -0.355 e. The lowest BCUT2D eigenvalue weighted by Gasteiger charge is -2.32. The third kappa shape index (κ3) is 2.62. The van der Waals surface area contributed by atoms with Crippen LogP contribution in [0.4, 0.5) is 5.82 Å². The molecule has 2 rings (SSSR count). The van der Waals surface area contributed by atoms with E-state index < -0.39 is 0 Å². The molecule has 0 aromatic carbocycles. The summed E-state index contributed by atoms with van der Waals surface area (Å²) < 4.78 is 0. The highest BCUT2D eigenvalue weighted by molar-refractivity contribution is 7.99. The number of nitrogens with zero attached hydrogens (tertiary/aromatic N) is 3. The van der Waals surface area contributed by atoms with Crippen LogP contribution in [0.2, 0.25) is 0 Å². The number of aromatic nitrogens is 1. The van der Waals surface area contributed by atoms with Crippen molar-refractivity contribution in [1.82, 2.24) is 4.98 Å². The second kappa shape index (κ2) is 5.62. The van der Waals surface area contributed by atoms with Crippen molar-refractivity contribution < 1.29 is 0 Å². The standard InChI is InChI=1S/C14H19N3S/c1-10-8-11(2)16-14(13(10)9-15)17-6-4-12(18-3)5-7-17/h8,12H,4-7H2,1-3H3. The minimum absolute atomic E-state index is 0.739. The summed E-state index contributed by atoms with van der Waals surface area (Å²) in [6.07, 6.45) is 4.54. The first-order valence-electron chi connectivity index (χ1n) is 6.31. The maximum Gasteiger partial charge on any atom is 0.147 e. The van der Waals surface area contributed by atoms with Crippen LogP contribution in [0, 0.1) is 25.2 Å². The fraction of sp³-hybridized carbons (Fsp3) is 0.571. The van der Waals surface area contributed by atoms with Crippen LogP contribution < -0.4 is 4.90 Å². The molecular weight excluding hydrogens is 242 g/mol. The molecule has 0 saturated carbocycles. The van der Waals surface area contributed by atoms with Crippen molar-refractivity contribution in [3.8, 4) is 6.07 Å². The molecule has 1 aromatic rings. The van der Waals surface area contributed by atoms with E-state index >= 15 is 0 Å². The Labute approximate surface area is 113 Å². The largest absolute Gasteiger partial charge is 0.355 e. The summed E-state index contributed by atoms with van der Waals surface area (Å²) in [5, 5.41) is 10.1. The van der Waals surface area contributed by atoms with Crippen molar-refractivity contribution >= 4 is 17.6 Å². The number of thioether (sulfide) groups is 1. The van der Waals surface area contributed by atoms with E-state index in [1.165, 1.54) is 12.8 Å². The molecule has 1 fully saturated rings. The van der Waals surface area contributed by atoms with Gasteiger partial charge < -0.3 is 4.90 Å². The molecule has 4 heteroatoms. The Morgan fingerprint density at radius 1 is 1.39 bits per heavy atom. The number of pyridine rings is 1. The van der Waals surface area contributed by atoms with Crippen LogP contribution in [-0.2, 0) is 0 Å². The summed E-state index contributed by atoms with van der Waals surface area (Å²) in [5.74, 6) is 0.884. The Balaban J connectivity index is 2.26. The van der Waals surface area contributed by atoms with E-state index in [-0.39, 0.29) is 0 Å². The van der Waals surface area contributed by atoms with Gasteiger partial charge in [-0.3, -0.25) is 0 Å². The maximum atomic E-state index is 9.30. The quantitative estimate of drug-likeness (QED) is 0.820. The SMILES string of the molecule is CSC1CCN(c2nc(C)cc(C)c2C#N)CC1. The van der Waals surface area contributed by atoms with Gasteiger partial charge in [-0.1, -0.05) is 0 Å². The van der Waals surface area contributed by atoms with E-state index in [1.807, 2.05) is 31.7 Å². The number of nitriles is 1. The van der Waals surface area contributed by atoms with Gasteiger partial charge in [-0.15, -0.1) is 0 Å². The number of hydrogen-bond acceptors (Lipinski definition) is 4. The van der Waals surface area contributed by atoms with Gasteiger partial charge in [-0.2, -0.15) is 17.0 Å². The molecule has 96 valence electrons. The van der Waals surface area contributed by atoms with Gasteiger partial charge in [0.25, 0.3) is 0 Å². The van der Waals surface area contributed by atoms with Gasteiger partial charge in [0, 0.05) is 24.0 Å². The van der Waals surface area contributed by atoms with Crippen molar-refractivity contribution in [2.75, 3.05) is 24.2 Å². The highest BCUT2D eigenvalue weighted by atomic mass is 32.2. The number of hydrogen-bond donors (Lipinski definition) is 0. The molecule has 3 nitrogen and oxygen atoms in total. The van der Waals surface area contributed by atoms with E-state index in [0.717, 1.165) is 41.0 Å². The molecule has 0 radical (unpaired) electrons. The van der Waals surface area contributed by atoms with Gasteiger partial charge in [0.2, 0.25) is 0 Å². The first kappa shape index (κ1) is 13.2. The molecule has 18 heavy (non-hydrogen) atoms. The molecule has 0 N–H and O–H groups in total. The zero-order valence-electron chi connectivity index (χ0n) is 11.2. The number of rotatable bonds is 2. The summed E-state index contributed by atoms with van der Waals surface area (Å²) >= 11 is 1.95. The molecule has 0 unspecified atom stereocenters. The fourth-order valence-electron chi connectivity index (χ4n) is 2.49. The number of anilines is 1. The zero-order chi connectivity index (χ0) is 13.1. The van der Waals surface area contributed by atoms with E-state index in [0.29, 0.717) is 0 Å². The first-order valence-corrected chi connectivity index (χ1v) is 7.60. The van der Waals surface area contributed by atoms with Crippen LogP contribution in [0.25, 0.3) is 0 Å². The van der Waals surface area contributed by atoms with Crippen molar-refractivity contribution in [2.45, 2.75) is 31.9 Å². The second-order valence-electron chi connectivity index (χ2n) is 4.81.